The summed E-state index contributed by atoms with van der Waals surface area (Å²) in [4.78, 5) is 11.9. The highest BCUT2D eigenvalue weighted by molar-refractivity contribution is 9.10. The highest BCUT2D eigenvalue weighted by Crippen LogP contribution is 2.15. The minimum atomic E-state index is -0.301. The Bertz CT molecular complexity index is 418. The van der Waals surface area contributed by atoms with E-state index >= 15 is 0 Å². The Kier molecular flexibility index (Phi) is 6.75. The maximum Gasteiger partial charge on any atom is 0.237 e. The number of nitrogens with one attached hydrogen (secondary N) is 2. The van der Waals surface area contributed by atoms with Gasteiger partial charge < -0.3 is 10.6 Å². The van der Waals surface area contributed by atoms with E-state index < -0.39 is 0 Å². The molecule has 2 N–H and O–H groups in total. The molecule has 3 nitrogen and oxygen atoms in total. The van der Waals surface area contributed by atoms with E-state index in [-0.39, 0.29) is 30.2 Å². The normalized spacial score (nSPS) is 18.5. The van der Waals surface area contributed by atoms with Crippen LogP contribution >= 0.6 is 28.3 Å². The number of rotatable bonds is 3. The first-order valence-electron chi connectivity index (χ1n) is 6.11. The molecule has 2 rings (SSSR count). The average molecular weight is 352 g/mol. The van der Waals surface area contributed by atoms with Gasteiger partial charge in [-0.15, -0.1) is 12.4 Å². The molecular weight excluding hydrogens is 335 g/mol. The molecule has 0 saturated carbocycles. The lowest BCUT2D eigenvalue weighted by Gasteiger charge is -2.22. The number of halogens is 3. The quantitative estimate of drug-likeness (QED) is 0.879. The second-order valence-corrected chi connectivity index (χ2v) is 5.41. The Morgan fingerprint density at radius 2 is 2.21 bits per heavy atom. The van der Waals surface area contributed by atoms with Crippen LogP contribution in [0.4, 0.5) is 4.39 Å². The molecule has 0 aromatic heterocycles. The van der Waals surface area contributed by atoms with Crippen molar-refractivity contribution in [3.05, 3.63) is 34.1 Å². The molecule has 0 spiro atoms. The van der Waals surface area contributed by atoms with Gasteiger partial charge in [0.1, 0.15) is 5.82 Å². The van der Waals surface area contributed by atoms with Crippen LogP contribution in [0.15, 0.2) is 22.7 Å². The van der Waals surface area contributed by atoms with Gasteiger partial charge in [-0.05, 0) is 43.1 Å². The number of hydrogen-bond donors (Lipinski definition) is 2. The summed E-state index contributed by atoms with van der Waals surface area (Å²) in [7, 11) is 0. The topological polar surface area (TPSA) is 41.1 Å². The number of amides is 1. The summed E-state index contributed by atoms with van der Waals surface area (Å²) in [5.41, 5.74) is 0.756. The molecule has 0 aliphatic carbocycles. The third-order valence-corrected chi connectivity index (χ3v) is 3.47. The van der Waals surface area contributed by atoms with Gasteiger partial charge in [-0.1, -0.05) is 22.4 Å². The molecule has 1 aliphatic heterocycles. The van der Waals surface area contributed by atoms with E-state index in [0.29, 0.717) is 11.0 Å². The van der Waals surface area contributed by atoms with Crippen molar-refractivity contribution in [1.82, 2.24) is 10.6 Å². The lowest BCUT2D eigenvalue weighted by atomic mass is 10.0. The smallest absolute Gasteiger partial charge is 0.237 e. The van der Waals surface area contributed by atoms with E-state index in [2.05, 4.69) is 26.6 Å². The van der Waals surface area contributed by atoms with Gasteiger partial charge in [0, 0.05) is 11.0 Å². The van der Waals surface area contributed by atoms with Gasteiger partial charge in [-0.3, -0.25) is 4.79 Å². The van der Waals surface area contributed by atoms with Crippen molar-refractivity contribution in [2.45, 2.75) is 31.8 Å². The molecule has 1 aromatic rings. The van der Waals surface area contributed by atoms with Gasteiger partial charge in [0.2, 0.25) is 5.91 Å². The van der Waals surface area contributed by atoms with E-state index in [4.69, 9.17) is 0 Å². The molecule has 1 fully saturated rings. The number of carbonyl (C=O) groups is 1. The van der Waals surface area contributed by atoms with Gasteiger partial charge in [-0.25, -0.2) is 4.39 Å². The fraction of sp³-hybridized carbons (Fsp3) is 0.462. The molecule has 1 aromatic carbocycles. The van der Waals surface area contributed by atoms with Crippen molar-refractivity contribution in [3.8, 4) is 0 Å². The standard InChI is InChI=1S/C13H16BrFN2O.ClH/c14-10-5-9(6-11(15)7-10)8-17-13(18)12-3-1-2-4-16-12;/h5-7,12,16H,1-4,8H2,(H,17,18);1H. The van der Waals surface area contributed by atoms with E-state index in [1.807, 2.05) is 0 Å². The lowest BCUT2D eigenvalue weighted by Crippen LogP contribution is -2.46. The number of benzene rings is 1. The number of carbonyl (C=O) groups excluding carboxylic acids is 1. The summed E-state index contributed by atoms with van der Waals surface area (Å²) in [5.74, 6) is -0.306. The predicted octanol–water partition coefficient (Wildman–Crippen LogP) is 2.77. The van der Waals surface area contributed by atoms with Crippen LogP contribution in [0.3, 0.4) is 0 Å². The first-order valence-corrected chi connectivity index (χ1v) is 6.90. The van der Waals surface area contributed by atoms with E-state index in [9.17, 15) is 9.18 Å². The van der Waals surface area contributed by atoms with Crippen molar-refractivity contribution in [1.29, 1.82) is 0 Å². The van der Waals surface area contributed by atoms with Crippen molar-refractivity contribution in [2.75, 3.05) is 6.54 Å². The van der Waals surface area contributed by atoms with Crippen LogP contribution in [0.1, 0.15) is 24.8 Å². The molecule has 1 saturated heterocycles. The van der Waals surface area contributed by atoms with Crippen LogP contribution < -0.4 is 10.6 Å². The summed E-state index contributed by atoms with van der Waals surface area (Å²) in [6, 6.07) is 4.53. The predicted molar refractivity (Wildman–Crippen MR) is 78.8 cm³/mol. The SMILES string of the molecule is Cl.O=C(NCc1cc(F)cc(Br)c1)C1CCCCN1. The molecule has 0 bridgehead atoms. The third-order valence-electron chi connectivity index (χ3n) is 3.02. The molecule has 1 unspecified atom stereocenters. The van der Waals surface area contributed by atoms with Crippen molar-refractivity contribution in [3.63, 3.8) is 0 Å². The van der Waals surface area contributed by atoms with Crippen molar-refractivity contribution in [2.24, 2.45) is 0 Å². The summed E-state index contributed by atoms with van der Waals surface area (Å²) in [6.07, 6.45) is 3.08. The second kappa shape index (κ2) is 7.82. The van der Waals surface area contributed by atoms with Gasteiger partial charge in [0.25, 0.3) is 0 Å². The molecule has 0 radical (unpaired) electrons. The largest absolute Gasteiger partial charge is 0.351 e. The van der Waals surface area contributed by atoms with Crippen LogP contribution in [0.5, 0.6) is 0 Å². The van der Waals surface area contributed by atoms with Crippen LogP contribution in [0.2, 0.25) is 0 Å². The maximum absolute atomic E-state index is 13.2. The molecule has 1 amide bonds. The third kappa shape index (κ3) is 5.09. The Morgan fingerprint density at radius 1 is 1.42 bits per heavy atom. The zero-order valence-corrected chi connectivity index (χ0v) is 12.8. The number of hydrogen-bond acceptors (Lipinski definition) is 2. The zero-order chi connectivity index (χ0) is 13.0. The molecule has 1 heterocycles. The van der Waals surface area contributed by atoms with Gasteiger partial charge in [0.15, 0.2) is 0 Å². The van der Waals surface area contributed by atoms with Crippen LogP contribution in [0.25, 0.3) is 0 Å². The maximum atomic E-state index is 13.2. The Balaban J connectivity index is 0.00000180. The molecule has 1 atom stereocenters. The molecule has 1 aliphatic rings. The highest BCUT2D eigenvalue weighted by Gasteiger charge is 2.19. The monoisotopic (exact) mass is 350 g/mol. The van der Waals surface area contributed by atoms with Gasteiger partial charge in [0.05, 0.1) is 6.04 Å². The van der Waals surface area contributed by atoms with E-state index in [0.717, 1.165) is 31.4 Å². The minimum absolute atomic E-state index is 0. The van der Waals surface area contributed by atoms with Crippen LogP contribution in [-0.4, -0.2) is 18.5 Å². The first kappa shape index (κ1) is 16.4. The second-order valence-electron chi connectivity index (χ2n) is 4.50. The van der Waals surface area contributed by atoms with E-state index in [1.54, 1.807) is 6.07 Å². The highest BCUT2D eigenvalue weighted by atomic mass is 79.9. The van der Waals surface area contributed by atoms with Crippen molar-refractivity contribution >= 4 is 34.2 Å². The molecule has 106 valence electrons. The molecule has 6 heteroatoms. The fourth-order valence-electron chi connectivity index (χ4n) is 2.10. The summed E-state index contributed by atoms with van der Waals surface area (Å²) < 4.78 is 13.8. The average Bonchev–Trinajstić information content (AvgIpc) is 2.36. The first-order chi connectivity index (χ1) is 8.65. The van der Waals surface area contributed by atoms with Crippen LogP contribution in [0, 0.1) is 5.82 Å². The summed E-state index contributed by atoms with van der Waals surface area (Å²) >= 11 is 3.23. The molecular formula is C13H17BrClFN2O. The van der Waals surface area contributed by atoms with E-state index in [1.165, 1.54) is 12.1 Å². The minimum Gasteiger partial charge on any atom is -0.351 e. The summed E-state index contributed by atoms with van der Waals surface area (Å²) in [6.45, 7) is 1.25. The summed E-state index contributed by atoms with van der Waals surface area (Å²) in [5, 5.41) is 6.02. The Labute approximate surface area is 126 Å². The Morgan fingerprint density at radius 3 is 2.84 bits per heavy atom. The van der Waals surface area contributed by atoms with Crippen LogP contribution in [-0.2, 0) is 11.3 Å². The number of piperidine rings is 1. The fourth-order valence-corrected chi connectivity index (χ4v) is 2.61. The zero-order valence-electron chi connectivity index (χ0n) is 10.4. The van der Waals surface area contributed by atoms with Gasteiger partial charge in [-0.2, -0.15) is 0 Å². The van der Waals surface area contributed by atoms with Crippen molar-refractivity contribution < 1.29 is 9.18 Å². The Hall–Kier alpha value is -0.650. The molecule has 19 heavy (non-hydrogen) atoms. The lowest BCUT2D eigenvalue weighted by molar-refractivity contribution is -0.123. The van der Waals surface area contributed by atoms with Gasteiger partial charge >= 0.3 is 0 Å².